The number of carbonyl (C=O) groups excluding carboxylic acids is 1. The van der Waals surface area contributed by atoms with Gasteiger partial charge in [0.1, 0.15) is 6.33 Å². The minimum Gasteiger partial charge on any atom is -0.293 e. The fourth-order valence-electron chi connectivity index (χ4n) is 1.55. The first-order chi connectivity index (χ1) is 9.22. The minimum atomic E-state index is 0.107. The molecule has 19 heavy (non-hydrogen) atoms. The molecule has 0 saturated heterocycles. The lowest BCUT2D eigenvalue weighted by molar-refractivity contribution is 0.102. The second-order valence-corrected chi connectivity index (χ2v) is 6.18. The first-order valence-electron chi connectivity index (χ1n) is 5.62. The summed E-state index contributed by atoms with van der Waals surface area (Å²) in [6.07, 6.45) is 1.55. The number of fused-ring (bicyclic) bond motifs is 1. The van der Waals surface area contributed by atoms with Crippen LogP contribution in [0.3, 0.4) is 0 Å². The summed E-state index contributed by atoms with van der Waals surface area (Å²) in [7, 11) is 0. The molecule has 1 aromatic carbocycles. The summed E-state index contributed by atoms with van der Waals surface area (Å²) in [5.41, 5.74) is 1.89. The highest BCUT2D eigenvalue weighted by Gasteiger charge is 2.10. The Labute approximate surface area is 117 Å². The Morgan fingerprint density at radius 3 is 2.89 bits per heavy atom. The molecule has 0 amide bonds. The second-order valence-electron chi connectivity index (χ2n) is 4.00. The van der Waals surface area contributed by atoms with Gasteiger partial charge in [-0.05, 0) is 6.92 Å². The molecule has 2 aromatic heterocycles. The van der Waals surface area contributed by atoms with E-state index in [1.54, 1.807) is 10.8 Å². The molecule has 2 heterocycles. The highest BCUT2D eigenvalue weighted by atomic mass is 32.2. The monoisotopic (exact) mass is 290 g/mol. The van der Waals surface area contributed by atoms with Gasteiger partial charge in [0.15, 0.2) is 10.1 Å². The molecule has 7 heteroatoms. The number of aryl methyl sites for hydroxylation is 1. The lowest BCUT2D eigenvalue weighted by Gasteiger charge is -1.99. The topological polar surface area (TPSA) is 60.2 Å². The van der Waals surface area contributed by atoms with E-state index in [-0.39, 0.29) is 5.78 Å². The largest absolute Gasteiger partial charge is 0.293 e. The molecule has 0 saturated carbocycles. The van der Waals surface area contributed by atoms with Gasteiger partial charge in [-0.3, -0.25) is 4.79 Å². The van der Waals surface area contributed by atoms with Crippen molar-refractivity contribution in [3.8, 4) is 0 Å². The Kier molecular flexibility index (Phi) is 3.31. The third kappa shape index (κ3) is 2.66. The zero-order chi connectivity index (χ0) is 13.2. The van der Waals surface area contributed by atoms with Gasteiger partial charge in [-0.25, -0.2) is 0 Å². The molecule has 0 bridgehead atoms. The van der Waals surface area contributed by atoms with Gasteiger partial charge in [-0.2, -0.15) is 4.52 Å². The van der Waals surface area contributed by atoms with Crippen molar-refractivity contribution in [3.63, 3.8) is 0 Å². The summed E-state index contributed by atoms with van der Waals surface area (Å²) in [5.74, 6) is 0.489. The Balaban J connectivity index is 1.67. The zero-order valence-corrected chi connectivity index (χ0v) is 11.7. The van der Waals surface area contributed by atoms with Crippen molar-refractivity contribution >= 4 is 33.8 Å². The van der Waals surface area contributed by atoms with Crippen LogP contribution in [0, 0.1) is 6.92 Å². The molecule has 0 spiro atoms. The average molecular weight is 290 g/mol. The van der Waals surface area contributed by atoms with Crippen LogP contribution in [-0.4, -0.2) is 31.3 Å². The maximum absolute atomic E-state index is 12.0. The molecule has 5 nitrogen and oxygen atoms in total. The van der Waals surface area contributed by atoms with E-state index in [2.05, 4.69) is 15.3 Å². The van der Waals surface area contributed by atoms with Crippen molar-refractivity contribution in [3.05, 3.63) is 41.7 Å². The standard InChI is InChI=1S/C12H10N4OS2/c1-8-2-4-9(5-3-8)10(17)6-18-12-15-16-7-13-14-11(16)19-12/h2-5,7H,6H2,1H3. The van der Waals surface area contributed by atoms with Crippen LogP contribution < -0.4 is 0 Å². The van der Waals surface area contributed by atoms with Gasteiger partial charge in [0.25, 0.3) is 0 Å². The highest BCUT2D eigenvalue weighted by molar-refractivity contribution is 8.01. The summed E-state index contributed by atoms with van der Waals surface area (Å²) >= 11 is 2.86. The van der Waals surface area contributed by atoms with Crippen molar-refractivity contribution in [2.75, 3.05) is 5.75 Å². The van der Waals surface area contributed by atoms with Gasteiger partial charge in [0.2, 0.25) is 4.96 Å². The fourth-order valence-corrected chi connectivity index (χ4v) is 3.31. The van der Waals surface area contributed by atoms with Gasteiger partial charge in [-0.1, -0.05) is 52.9 Å². The van der Waals surface area contributed by atoms with Crippen molar-refractivity contribution in [2.45, 2.75) is 11.3 Å². The smallest absolute Gasteiger partial charge is 0.235 e. The summed E-state index contributed by atoms with van der Waals surface area (Å²) in [6, 6.07) is 7.61. The third-order valence-corrected chi connectivity index (χ3v) is 4.61. The van der Waals surface area contributed by atoms with Gasteiger partial charge in [0, 0.05) is 5.56 Å². The molecular formula is C12H10N4OS2. The molecule has 3 rings (SSSR count). The van der Waals surface area contributed by atoms with Crippen molar-refractivity contribution < 1.29 is 4.79 Å². The first-order valence-corrected chi connectivity index (χ1v) is 7.42. The van der Waals surface area contributed by atoms with Crippen LogP contribution in [0.2, 0.25) is 0 Å². The number of nitrogens with zero attached hydrogens (tertiary/aromatic N) is 4. The molecule has 0 fully saturated rings. The Hall–Kier alpha value is -1.73. The Morgan fingerprint density at radius 2 is 2.16 bits per heavy atom. The lowest BCUT2D eigenvalue weighted by Crippen LogP contribution is -2.02. The highest BCUT2D eigenvalue weighted by Crippen LogP contribution is 2.24. The molecule has 0 aliphatic rings. The van der Waals surface area contributed by atoms with Crippen molar-refractivity contribution in [1.82, 2.24) is 19.8 Å². The molecule has 96 valence electrons. The predicted octanol–water partition coefficient (Wildman–Crippen LogP) is 2.47. The van der Waals surface area contributed by atoms with E-state index in [4.69, 9.17) is 0 Å². The van der Waals surface area contributed by atoms with Crippen molar-refractivity contribution in [2.24, 2.45) is 0 Å². The number of rotatable bonds is 4. The lowest BCUT2D eigenvalue weighted by atomic mass is 10.1. The van der Waals surface area contributed by atoms with E-state index in [1.807, 2.05) is 31.2 Å². The Morgan fingerprint density at radius 1 is 1.37 bits per heavy atom. The normalized spacial score (nSPS) is 11.0. The van der Waals surface area contributed by atoms with Crippen LogP contribution in [0.1, 0.15) is 15.9 Å². The fraction of sp³-hybridized carbons (Fsp3) is 0.167. The predicted molar refractivity (Wildman–Crippen MR) is 74.9 cm³/mol. The number of benzene rings is 1. The SMILES string of the molecule is Cc1ccc(C(=O)CSc2nn3cnnc3s2)cc1. The number of hydrogen-bond acceptors (Lipinski definition) is 6. The summed E-state index contributed by atoms with van der Waals surface area (Å²) in [6.45, 7) is 2.00. The van der Waals surface area contributed by atoms with E-state index in [9.17, 15) is 4.79 Å². The number of carbonyl (C=O) groups is 1. The van der Waals surface area contributed by atoms with Gasteiger partial charge < -0.3 is 0 Å². The van der Waals surface area contributed by atoms with E-state index in [1.165, 1.54) is 23.1 Å². The first kappa shape index (κ1) is 12.3. The maximum Gasteiger partial charge on any atom is 0.235 e. The molecule has 0 unspecified atom stereocenters. The van der Waals surface area contributed by atoms with Crippen LogP contribution in [0.4, 0.5) is 0 Å². The molecule has 0 atom stereocenters. The average Bonchev–Trinajstić information content (AvgIpc) is 2.97. The van der Waals surface area contributed by atoms with E-state index in [0.717, 1.165) is 20.4 Å². The van der Waals surface area contributed by atoms with E-state index < -0.39 is 0 Å². The Bertz CT molecular complexity index is 688. The van der Waals surface area contributed by atoms with Gasteiger partial charge >= 0.3 is 0 Å². The van der Waals surface area contributed by atoms with E-state index in [0.29, 0.717) is 5.75 Å². The van der Waals surface area contributed by atoms with Crippen molar-refractivity contribution in [1.29, 1.82) is 0 Å². The second kappa shape index (κ2) is 5.10. The van der Waals surface area contributed by atoms with Crippen LogP contribution >= 0.6 is 23.1 Å². The third-order valence-electron chi connectivity index (χ3n) is 2.57. The quantitative estimate of drug-likeness (QED) is 0.545. The number of aromatic nitrogens is 4. The minimum absolute atomic E-state index is 0.107. The maximum atomic E-state index is 12.0. The number of Topliss-reactive ketones (excluding diaryl/α,β-unsaturated/α-hetero) is 1. The zero-order valence-electron chi connectivity index (χ0n) is 10.1. The number of thioether (sulfide) groups is 1. The molecule has 0 N–H and O–H groups in total. The van der Waals surface area contributed by atoms with Gasteiger partial charge in [0.05, 0.1) is 5.75 Å². The van der Waals surface area contributed by atoms with E-state index >= 15 is 0 Å². The number of ketones is 1. The molecule has 0 radical (unpaired) electrons. The summed E-state index contributed by atoms with van der Waals surface area (Å²) in [5, 5.41) is 11.9. The summed E-state index contributed by atoms with van der Waals surface area (Å²) < 4.78 is 2.44. The van der Waals surface area contributed by atoms with Crippen LogP contribution in [-0.2, 0) is 0 Å². The van der Waals surface area contributed by atoms with Gasteiger partial charge in [-0.15, -0.1) is 15.3 Å². The summed E-state index contributed by atoms with van der Waals surface area (Å²) in [4.78, 5) is 12.7. The number of hydrogen-bond donors (Lipinski definition) is 0. The van der Waals surface area contributed by atoms with Crippen LogP contribution in [0.25, 0.3) is 4.96 Å². The molecule has 0 aliphatic heterocycles. The van der Waals surface area contributed by atoms with Crippen LogP contribution in [0.5, 0.6) is 0 Å². The molecular weight excluding hydrogens is 280 g/mol. The molecule has 3 aromatic rings. The van der Waals surface area contributed by atoms with Crippen LogP contribution in [0.15, 0.2) is 34.9 Å². The molecule has 0 aliphatic carbocycles.